The van der Waals surface area contributed by atoms with Crippen LogP contribution in [0.4, 0.5) is 0 Å². The van der Waals surface area contributed by atoms with E-state index in [2.05, 4.69) is 20.5 Å². The van der Waals surface area contributed by atoms with Crippen molar-refractivity contribution in [1.82, 2.24) is 25.2 Å². The summed E-state index contributed by atoms with van der Waals surface area (Å²) in [5.74, 6) is 0. The third-order valence-corrected chi connectivity index (χ3v) is 3.77. The summed E-state index contributed by atoms with van der Waals surface area (Å²) in [7, 11) is 0. The van der Waals surface area contributed by atoms with Crippen molar-refractivity contribution in [3.8, 4) is 0 Å². The van der Waals surface area contributed by atoms with Gasteiger partial charge in [-0.3, -0.25) is 4.90 Å². The molecule has 1 aliphatic heterocycles. The van der Waals surface area contributed by atoms with Gasteiger partial charge in [-0.05, 0) is 19.3 Å². The van der Waals surface area contributed by atoms with Crippen molar-refractivity contribution in [2.24, 2.45) is 0 Å². The Bertz CT molecular complexity index is 390. The van der Waals surface area contributed by atoms with Gasteiger partial charge in [0.15, 0.2) is 0 Å². The van der Waals surface area contributed by atoms with E-state index in [4.69, 9.17) is 5.11 Å². The van der Waals surface area contributed by atoms with E-state index >= 15 is 0 Å². The molecule has 0 amide bonds. The van der Waals surface area contributed by atoms with Crippen LogP contribution in [0.15, 0.2) is 6.20 Å². The molecule has 18 heavy (non-hydrogen) atoms. The summed E-state index contributed by atoms with van der Waals surface area (Å²) in [6.45, 7) is 3.81. The third-order valence-electron chi connectivity index (χ3n) is 3.77. The first-order chi connectivity index (χ1) is 8.85. The van der Waals surface area contributed by atoms with Crippen LogP contribution >= 0.6 is 0 Å². The highest BCUT2D eigenvalue weighted by molar-refractivity contribution is 4.95. The average Bonchev–Trinajstić information content (AvgIpc) is 2.95. The van der Waals surface area contributed by atoms with Crippen molar-refractivity contribution >= 4 is 0 Å². The summed E-state index contributed by atoms with van der Waals surface area (Å²) >= 11 is 0. The average molecular weight is 251 g/mol. The quantitative estimate of drug-likeness (QED) is 0.720. The van der Waals surface area contributed by atoms with Gasteiger partial charge in [0.2, 0.25) is 0 Å². The van der Waals surface area contributed by atoms with Crippen LogP contribution in [-0.2, 0) is 13.1 Å². The number of hydrogen-bond donors (Lipinski definition) is 2. The van der Waals surface area contributed by atoms with Crippen molar-refractivity contribution in [3.05, 3.63) is 11.9 Å². The Labute approximate surface area is 107 Å². The molecule has 1 aromatic heterocycles. The highest BCUT2D eigenvalue weighted by Gasteiger charge is 2.34. The molecule has 2 aliphatic rings. The maximum Gasteiger partial charge on any atom is 0.0964 e. The minimum absolute atomic E-state index is 0.106. The standard InChI is InChI=1S/C12H21N5O/c18-6-5-17-9-11(14-15-17)7-13-10-3-4-16(8-10)12-1-2-12/h9-10,12-13,18H,1-8H2. The van der Waals surface area contributed by atoms with Crippen molar-refractivity contribution in [1.29, 1.82) is 0 Å². The van der Waals surface area contributed by atoms with Crippen molar-refractivity contribution < 1.29 is 5.11 Å². The van der Waals surface area contributed by atoms with E-state index in [0.29, 0.717) is 12.6 Å². The van der Waals surface area contributed by atoms with Crippen molar-refractivity contribution in [3.63, 3.8) is 0 Å². The summed E-state index contributed by atoms with van der Waals surface area (Å²) in [4.78, 5) is 2.60. The Balaban J connectivity index is 1.43. The van der Waals surface area contributed by atoms with E-state index in [0.717, 1.165) is 18.3 Å². The van der Waals surface area contributed by atoms with Crippen molar-refractivity contribution in [2.45, 2.75) is 44.4 Å². The van der Waals surface area contributed by atoms with Gasteiger partial charge in [0.1, 0.15) is 0 Å². The van der Waals surface area contributed by atoms with Crippen LogP contribution in [0.25, 0.3) is 0 Å². The SMILES string of the molecule is OCCn1cc(CNC2CCN(C3CC3)C2)nn1. The molecule has 1 aromatic rings. The van der Waals surface area contributed by atoms with Gasteiger partial charge >= 0.3 is 0 Å². The molecule has 1 aliphatic carbocycles. The highest BCUT2D eigenvalue weighted by Crippen LogP contribution is 2.29. The van der Waals surface area contributed by atoms with Crippen LogP contribution in [0.5, 0.6) is 0 Å². The lowest BCUT2D eigenvalue weighted by Crippen LogP contribution is -2.32. The van der Waals surface area contributed by atoms with E-state index in [-0.39, 0.29) is 6.61 Å². The lowest BCUT2D eigenvalue weighted by Gasteiger charge is -2.15. The third kappa shape index (κ3) is 2.88. The van der Waals surface area contributed by atoms with Crippen LogP contribution in [0.3, 0.4) is 0 Å². The molecule has 2 fully saturated rings. The van der Waals surface area contributed by atoms with E-state index in [1.165, 1.54) is 32.4 Å². The van der Waals surface area contributed by atoms with Crippen LogP contribution < -0.4 is 5.32 Å². The minimum Gasteiger partial charge on any atom is -0.394 e. The van der Waals surface area contributed by atoms with E-state index in [1.54, 1.807) is 4.68 Å². The minimum atomic E-state index is 0.106. The van der Waals surface area contributed by atoms with Gasteiger partial charge in [-0.25, -0.2) is 4.68 Å². The zero-order chi connectivity index (χ0) is 12.4. The first-order valence-electron chi connectivity index (χ1n) is 6.82. The number of aliphatic hydroxyl groups excluding tert-OH is 1. The summed E-state index contributed by atoms with van der Waals surface area (Å²) in [6.07, 6.45) is 5.92. The molecule has 3 rings (SSSR count). The van der Waals surface area contributed by atoms with Crippen LogP contribution in [0.1, 0.15) is 25.0 Å². The lowest BCUT2D eigenvalue weighted by atomic mass is 10.2. The molecule has 1 atom stereocenters. The van der Waals surface area contributed by atoms with Gasteiger partial charge in [0.25, 0.3) is 0 Å². The largest absolute Gasteiger partial charge is 0.394 e. The molecule has 2 heterocycles. The molecule has 0 spiro atoms. The van der Waals surface area contributed by atoms with E-state index in [9.17, 15) is 0 Å². The molecule has 1 saturated carbocycles. The second-order valence-corrected chi connectivity index (χ2v) is 5.29. The molecule has 0 aromatic carbocycles. The van der Waals surface area contributed by atoms with E-state index in [1.807, 2.05) is 6.20 Å². The second kappa shape index (κ2) is 5.34. The molecule has 100 valence electrons. The molecular weight excluding hydrogens is 230 g/mol. The molecular formula is C12H21N5O. The predicted octanol–water partition coefficient (Wildman–Crippen LogP) is -0.403. The topological polar surface area (TPSA) is 66.2 Å². The fraction of sp³-hybridized carbons (Fsp3) is 0.833. The molecule has 2 N–H and O–H groups in total. The number of aliphatic hydroxyl groups is 1. The summed E-state index contributed by atoms with van der Waals surface area (Å²) in [5, 5.41) is 20.4. The summed E-state index contributed by atoms with van der Waals surface area (Å²) < 4.78 is 1.68. The number of aromatic nitrogens is 3. The van der Waals surface area contributed by atoms with Gasteiger partial charge in [0.05, 0.1) is 18.8 Å². The maximum atomic E-state index is 8.81. The number of hydrogen-bond acceptors (Lipinski definition) is 5. The zero-order valence-corrected chi connectivity index (χ0v) is 10.6. The van der Waals surface area contributed by atoms with Crippen molar-refractivity contribution in [2.75, 3.05) is 19.7 Å². The Morgan fingerprint density at radius 3 is 3.06 bits per heavy atom. The molecule has 6 heteroatoms. The number of rotatable bonds is 6. The van der Waals surface area contributed by atoms with Gasteiger partial charge in [-0.1, -0.05) is 5.21 Å². The predicted molar refractivity (Wildman–Crippen MR) is 66.9 cm³/mol. The van der Waals surface area contributed by atoms with Crippen LogP contribution in [-0.4, -0.2) is 56.8 Å². The summed E-state index contributed by atoms with van der Waals surface area (Å²) in [5.41, 5.74) is 0.952. The Morgan fingerprint density at radius 2 is 2.28 bits per heavy atom. The molecule has 1 unspecified atom stereocenters. The number of nitrogens with one attached hydrogen (secondary N) is 1. The molecule has 0 bridgehead atoms. The Hall–Kier alpha value is -0.980. The monoisotopic (exact) mass is 251 g/mol. The molecule has 1 saturated heterocycles. The van der Waals surface area contributed by atoms with Gasteiger partial charge < -0.3 is 10.4 Å². The van der Waals surface area contributed by atoms with Gasteiger partial charge in [-0.2, -0.15) is 0 Å². The fourth-order valence-corrected chi connectivity index (χ4v) is 2.61. The zero-order valence-electron chi connectivity index (χ0n) is 10.6. The normalized spacial score (nSPS) is 24.8. The lowest BCUT2D eigenvalue weighted by molar-refractivity contribution is 0.268. The number of nitrogens with zero attached hydrogens (tertiary/aromatic N) is 4. The highest BCUT2D eigenvalue weighted by atomic mass is 16.3. The second-order valence-electron chi connectivity index (χ2n) is 5.29. The fourth-order valence-electron chi connectivity index (χ4n) is 2.61. The smallest absolute Gasteiger partial charge is 0.0964 e. The number of likely N-dealkylation sites (tertiary alicyclic amines) is 1. The van der Waals surface area contributed by atoms with Gasteiger partial charge in [0, 0.05) is 37.9 Å². The Kier molecular flexibility index (Phi) is 3.58. The van der Waals surface area contributed by atoms with Crippen LogP contribution in [0, 0.1) is 0 Å². The molecule has 0 radical (unpaired) electrons. The Morgan fingerprint density at radius 1 is 1.39 bits per heavy atom. The summed E-state index contributed by atoms with van der Waals surface area (Å²) in [6, 6.07) is 1.47. The van der Waals surface area contributed by atoms with E-state index < -0.39 is 0 Å². The molecule has 6 nitrogen and oxygen atoms in total. The first kappa shape index (κ1) is 12.1. The maximum absolute atomic E-state index is 8.81. The first-order valence-corrected chi connectivity index (χ1v) is 6.82. The van der Waals surface area contributed by atoms with Gasteiger partial charge in [-0.15, -0.1) is 5.10 Å². The van der Waals surface area contributed by atoms with Crippen LogP contribution in [0.2, 0.25) is 0 Å².